The third-order valence-electron chi connectivity index (χ3n) is 19.8. The number of nitrogens with one attached hydrogen (secondary N) is 3. The van der Waals surface area contributed by atoms with Crippen LogP contribution < -0.4 is 38.4 Å². The second-order valence-corrected chi connectivity index (χ2v) is 33.2. The fourth-order valence-corrected chi connectivity index (χ4v) is 14.0. The first-order valence-electron chi connectivity index (χ1n) is 38.8. The first-order valence-corrected chi connectivity index (χ1v) is 40.4. The van der Waals surface area contributed by atoms with Crippen molar-refractivity contribution >= 4 is 110 Å². The molecule has 0 aliphatic carbocycles. The minimum Gasteiger partial charge on any atom is -0.444 e. The highest BCUT2D eigenvalue weighted by Crippen LogP contribution is 2.32. The summed E-state index contributed by atoms with van der Waals surface area (Å²) in [6, 6.07) is 40.7. The number of anilines is 5. The number of hydrogen-bond acceptors (Lipinski definition) is 24. The van der Waals surface area contributed by atoms with Gasteiger partial charge in [-0.25, -0.2) is 72.6 Å². The van der Waals surface area contributed by atoms with Gasteiger partial charge in [0.25, 0.3) is 16.7 Å². The van der Waals surface area contributed by atoms with Crippen LogP contribution in [-0.4, -0.2) is 132 Å². The van der Waals surface area contributed by atoms with Crippen LogP contribution in [0.15, 0.2) is 147 Å². The number of rotatable bonds is 14. The fourth-order valence-electron chi connectivity index (χ4n) is 13.6. The van der Waals surface area contributed by atoms with E-state index in [1.807, 2.05) is 149 Å². The highest BCUT2D eigenvalue weighted by molar-refractivity contribution is 7.98. The summed E-state index contributed by atoms with van der Waals surface area (Å²) in [6.45, 7) is 31.1. The Hall–Kier alpha value is -12.5. The Kier molecular flexibility index (Phi) is 26.2. The van der Waals surface area contributed by atoms with Gasteiger partial charge in [-0.2, -0.15) is 25.8 Å². The number of carbonyl (C=O) groups excluding carboxylic acids is 2. The first-order chi connectivity index (χ1) is 56.1. The van der Waals surface area contributed by atoms with E-state index in [-0.39, 0.29) is 41.3 Å². The number of pyridine rings is 3. The van der Waals surface area contributed by atoms with Crippen LogP contribution in [0.2, 0.25) is 0 Å². The number of nitrogens with zero attached hydrogens (tertiary/aromatic N) is 20. The molecule has 0 saturated heterocycles. The molecule has 2 amide bonds. The number of ether oxygens (including phenoxy) is 2. The molecular formula is C85H96Cl2N24O7S. The maximum atomic E-state index is 13.2. The van der Waals surface area contributed by atoms with E-state index in [4.69, 9.17) is 36.8 Å². The molecule has 12 heterocycles. The van der Waals surface area contributed by atoms with Crippen LogP contribution in [0.3, 0.4) is 0 Å². The van der Waals surface area contributed by atoms with Crippen LogP contribution in [0.1, 0.15) is 147 Å². The number of amides is 2. The number of alkyl halides is 1. The van der Waals surface area contributed by atoms with Crippen molar-refractivity contribution in [1.82, 2.24) is 88.1 Å². The standard InChI is InChI=1S/C30H34N8O3.C24H23ClN8O.C17H18N6OS.C14H20N2O2.ClH/c1-7-37-26(39)22-16-32-27(35-25(22)38(37)24-10-8-9-23(34-24)30(5,6)18-31)33-21-12-11-20-17-36(14-13-19(20)15-21)28(40)41-29(2,3)4;1-3-32-22(34)18-13-28-23(29-17-8-7-16-12-27-10-9-15(16)11-17)31-21(18)33(32)20-6-4-5-19(30-20)24(2,25)14-26;1-5-22-15(24)11-9-19-16(25-4)21-14(11)23(22)13-8-6-7-12(20-13)17(2,3)10-18;1-14(2,3)18-13(17)16-7-6-10-8-12(15)5-4-11(10)9-16;/h8-12,15-16H,7,13-14,17H2,1-6H3,(H,32,33,35);4-8,11,13,27H,3,9-10,12H2,1-2H3,(H,28,29,31);6-9H,5H2,1-4H3;4-5,8H,6-7,9,15H2,1-3H3;1H. The molecule has 0 radical (unpaired) electrons. The number of carbonyl (C=O) groups is 2. The smallest absolute Gasteiger partial charge is 0.410 e. The van der Waals surface area contributed by atoms with E-state index < -0.39 is 26.9 Å². The zero-order valence-electron chi connectivity index (χ0n) is 69.2. The highest BCUT2D eigenvalue weighted by atomic mass is 35.5. The average molecular weight is 1670 g/mol. The lowest BCUT2D eigenvalue weighted by Crippen LogP contribution is -2.39. The number of thioether (sulfide) groups is 1. The summed E-state index contributed by atoms with van der Waals surface area (Å²) in [7, 11) is 0. The maximum Gasteiger partial charge on any atom is 0.410 e. The van der Waals surface area contributed by atoms with Crippen LogP contribution in [0.25, 0.3) is 50.6 Å². The molecule has 0 saturated carbocycles. The monoisotopic (exact) mass is 1670 g/mol. The van der Waals surface area contributed by atoms with Gasteiger partial charge in [0.05, 0.1) is 46.1 Å². The Balaban J connectivity index is 0.000000161. The zero-order valence-corrected chi connectivity index (χ0v) is 71.6. The quantitative estimate of drug-likeness (QED) is 0.0340. The van der Waals surface area contributed by atoms with Gasteiger partial charge >= 0.3 is 12.2 Å². The molecule has 3 aliphatic heterocycles. The lowest BCUT2D eigenvalue weighted by Gasteiger charge is -2.31. The van der Waals surface area contributed by atoms with Crippen molar-refractivity contribution < 1.29 is 19.1 Å². The van der Waals surface area contributed by atoms with Crippen molar-refractivity contribution in [2.45, 2.75) is 188 Å². The molecule has 0 spiro atoms. The Labute approximate surface area is 703 Å². The lowest BCUT2D eigenvalue weighted by molar-refractivity contribution is 0.0214. The second-order valence-electron chi connectivity index (χ2n) is 31.7. The first kappa shape index (κ1) is 87.3. The largest absolute Gasteiger partial charge is 0.444 e. The van der Waals surface area contributed by atoms with Gasteiger partial charge in [0.15, 0.2) is 44.4 Å². The minimum atomic E-state index is -1.29. The highest BCUT2D eigenvalue weighted by Gasteiger charge is 2.32. The van der Waals surface area contributed by atoms with Crippen molar-refractivity contribution in [3.8, 4) is 35.7 Å². The van der Waals surface area contributed by atoms with Crippen molar-refractivity contribution in [2.24, 2.45) is 0 Å². The van der Waals surface area contributed by atoms with Gasteiger partial charge in [0, 0.05) is 88.0 Å². The number of fused-ring (bicyclic) bond motifs is 6. The van der Waals surface area contributed by atoms with Gasteiger partial charge in [-0.3, -0.25) is 14.4 Å². The Bertz CT molecular complexity index is 6170. The number of benzene rings is 3. The van der Waals surface area contributed by atoms with Gasteiger partial charge in [0.1, 0.15) is 27.4 Å². The molecule has 3 aromatic carbocycles. The summed E-state index contributed by atoms with van der Waals surface area (Å²) < 4.78 is 20.6. The van der Waals surface area contributed by atoms with Crippen molar-refractivity contribution in [2.75, 3.05) is 42.3 Å². The van der Waals surface area contributed by atoms with Gasteiger partial charge in [-0.1, -0.05) is 59.8 Å². The predicted octanol–water partition coefficient (Wildman–Crippen LogP) is 13.7. The number of nitrogen functional groups attached to an aromatic ring is 1. The summed E-state index contributed by atoms with van der Waals surface area (Å²) in [6.07, 6.45) is 8.44. The summed E-state index contributed by atoms with van der Waals surface area (Å²) in [5.41, 5.74) is 15.3. The Morgan fingerprint density at radius 2 is 0.908 bits per heavy atom. The third kappa shape index (κ3) is 19.4. The molecule has 618 valence electrons. The van der Waals surface area contributed by atoms with E-state index in [0.717, 1.165) is 59.7 Å². The van der Waals surface area contributed by atoms with Crippen molar-refractivity contribution in [3.05, 3.63) is 209 Å². The van der Waals surface area contributed by atoms with Crippen LogP contribution in [0.5, 0.6) is 0 Å². The summed E-state index contributed by atoms with van der Waals surface area (Å²) in [4.78, 5) is 106. The molecule has 34 heteroatoms. The second kappa shape index (κ2) is 35.7. The molecule has 31 nitrogen and oxygen atoms in total. The average Bonchev–Trinajstić information content (AvgIpc) is 1.61. The van der Waals surface area contributed by atoms with Gasteiger partial charge in [-0.15, -0.1) is 12.4 Å². The molecule has 1 unspecified atom stereocenters. The van der Waals surface area contributed by atoms with Crippen LogP contribution in [0, 0.1) is 34.0 Å². The van der Waals surface area contributed by atoms with E-state index >= 15 is 0 Å². The molecular weight excluding hydrogens is 1570 g/mol. The van der Waals surface area contributed by atoms with Gasteiger partial charge in [-0.05, 0) is 235 Å². The maximum absolute atomic E-state index is 13.2. The van der Waals surface area contributed by atoms with Crippen LogP contribution in [-0.2, 0) is 83.7 Å². The number of hydrogen-bond donors (Lipinski definition) is 4. The molecule has 1 atom stereocenters. The number of nitriles is 3. The van der Waals surface area contributed by atoms with E-state index in [1.165, 1.54) is 40.8 Å². The molecule has 0 fully saturated rings. The van der Waals surface area contributed by atoms with E-state index in [2.05, 4.69) is 81.2 Å². The number of halogens is 2. The normalized spacial score (nSPS) is 13.7. The lowest BCUT2D eigenvalue weighted by atomic mass is 9.91. The van der Waals surface area contributed by atoms with Gasteiger partial charge < -0.3 is 41.0 Å². The number of nitrogens with two attached hydrogens (primary N) is 1. The summed E-state index contributed by atoms with van der Waals surface area (Å²) in [5.74, 6) is 2.20. The third-order valence-corrected chi connectivity index (χ3v) is 20.7. The predicted molar refractivity (Wildman–Crippen MR) is 461 cm³/mol. The Morgan fingerprint density at radius 3 is 1.33 bits per heavy atom. The Morgan fingerprint density at radius 1 is 0.513 bits per heavy atom. The molecule has 12 aromatic rings. The molecule has 5 N–H and O–H groups in total. The molecule has 0 bridgehead atoms. The molecule has 9 aromatic heterocycles. The van der Waals surface area contributed by atoms with Crippen LogP contribution >= 0.6 is 35.8 Å². The zero-order chi connectivity index (χ0) is 84.9. The van der Waals surface area contributed by atoms with Crippen molar-refractivity contribution in [3.63, 3.8) is 0 Å². The number of aromatic nitrogens is 15. The van der Waals surface area contributed by atoms with Crippen LogP contribution in [0.4, 0.5) is 38.5 Å². The van der Waals surface area contributed by atoms with E-state index in [1.54, 1.807) is 95.2 Å². The topological polar surface area (TPSA) is 389 Å². The summed E-state index contributed by atoms with van der Waals surface area (Å²) >= 11 is 7.74. The minimum absolute atomic E-state index is 0. The van der Waals surface area contributed by atoms with E-state index in [9.17, 15) is 39.8 Å². The SMILES string of the molecule is CC(C)(C)OC(=O)N1CCc2cc(N)ccc2C1.CCn1c(=O)c2cnc(Nc3ccc4c(c3)CCN(C(=O)OC(C)(C)C)C4)nc2n1-c1cccc(C(C)(C)C#N)n1.CCn1c(=O)c2cnc(Nc3ccc4c(c3)CCNC4)nc2n1-c1cccc(C(C)(Cl)C#N)n1.CCn1c(=O)c2cnc(SC)nc2n1-c1cccc(C(C)(C)C#N)n1.Cl. The van der Waals surface area contributed by atoms with Gasteiger partial charge in [0.2, 0.25) is 11.9 Å². The summed E-state index contributed by atoms with van der Waals surface area (Å²) in [5, 5.41) is 40.1. The molecule has 15 rings (SSSR count). The molecule has 3 aliphatic rings. The molecule has 119 heavy (non-hydrogen) atoms. The fraction of sp³-hybridized carbons (Fsp3) is 0.376. The van der Waals surface area contributed by atoms with Crippen molar-refractivity contribution in [1.29, 1.82) is 15.8 Å². The van der Waals surface area contributed by atoms with E-state index in [0.29, 0.717) is 137 Å².